The van der Waals surface area contributed by atoms with Crippen molar-refractivity contribution >= 4 is 11.5 Å². The standard InChI is InChI=1S/C11H18N4/c12-10-5-9(11(13)15-7-10)4-8-2-1-3-14-6-8/h5,7-8,14H,1-4,6,12H2,(H2,13,15). The lowest BCUT2D eigenvalue weighted by atomic mass is 9.92. The summed E-state index contributed by atoms with van der Waals surface area (Å²) in [4.78, 5) is 4.08. The number of pyridine rings is 1. The van der Waals surface area contributed by atoms with Crippen LogP contribution in [-0.4, -0.2) is 18.1 Å². The first-order valence-corrected chi connectivity index (χ1v) is 5.46. The van der Waals surface area contributed by atoms with Crippen LogP contribution in [0.2, 0.25) is 0 Å². The molecule has 0 spiro atoms. The van der Waals surface area contributed by atoms with Crippen LogP contribution >= 0.6 is 0 Å². The summed E-state index contributed by atoms with van der Waals surface area (Å²) in [5, 5.41) is 3.40. The summed E-state index contributed by atoms with van der Waals surface area (Å²) < 4.78 is 0. The Hall–Kier alpha value is -1.29. The van der Waals surface area contributed by atoms with Gasteiger partial charge in [-0.2, -0.15) is 0 Å². The molecule has 2 rings (SSSR count). The first-order valence-electron chi connectivity index (χ1n) is 5.46. The third kappa shape index (κ3) is 2.59. The van der Waals surface area contributed by atoms with Crippen molar-refractivity contribution in [2.45, 2.75) is 19.3 Å². The molecule has 0 saturated carbocycles. The average Bonchev–Trinajstić information content (AvgIpc) is 2.25. The van der Waals surface area contributed by atoms with Gasteiger partial charge in [-0.05, 0) is 49.9 Å². The number of hydrogen-bond acceptors (Lipinski definition) is 4. The van der Waals surface area contributed by atoms with Gasteiger partial charge >= 0.3 is 0 Å². The minimum atomic E-state index is 0.620. The molecule has 0 aliphatic carbocycles. The number of nitrogens with two attached hydrogens (primary N) is 2. The Morgan fingerprint density at radius 1 is 1.47 bits per heavy atom. The lowest BCUT2D eigenvalue weighted by Gasteiger charge is -2.23. The third-order valence-corrected chi connectivity index (χ3v) is 2.93. The molecule has 1 saturated heterocycles. The Bertz CT molecular complexity index is 331. The molecular weight excluding hydrogens is 188 g/mol. The van der Waals surface area contributed by atoms with Crippen molar-refractivity contribution in [3.05, 3.63) is 17.8 Å². The fourth-order valence-corrected chi connectivity index (χ4v) is 2.11. The molecule has 0 amide bonds. The zero-order chi connectivity index (χ0) is 10.7. The Kier molecular flexibility index (Phi) is 3.06. The number of hydrogen-bond donors (Lipinski definition) is 3. The lowest BCUT2D eigenvalue weighted by Crippen LogP contribution is -2.31. The summed E-state index contributed by atoms with van der Waals surface area (Å²) in [6.07, 6.45) is 5.11. The molecule has 0 radical (unpaired) electrons. The molecule has 15 heavy (non-hydrogen) atoms. The molecule has 1 atom stereocenters. The molecule has 2 heterocycles. The van der Waals surface area contributed by atoms with E-state index < -0.39 is 0 Å². The number of anilines is 2. The monoisotopic (exact) mass is 206 g/mol. The molecule has 4 nitrogen and oxygen atoms in total. The molecule has 4 heteroatoms. The van der Waals surface area contributed by atoms with Crippen molar-refractivity contribution in [1.29, 1.82) is 0 Å². The highest BCUT2D eigenvalue weighted by Crippen LogP contribution is 2.20. The Morgan fingerprint density at radius 3 is 3.07 bits per heavy atom. The zero-order valence-corrected chi connectivity index (χ0v) is 8.87. The van der Waals surface area contributed by atoms with Crippen molar-refractivity contribution in [2.75, 3.05) is 24.6 Å². The Morgan fingerprint density at radius 2 is 2.33 bits per heavy atom. The van der Waals surface area contributed by atoms with E-state index in [1.54, 1.807) is 6.20 Å². The molecule has 1 aromatic rings. The molecule has 1 aliphatic heterocycles. The van der Waals surface area contributed by atoms with Gasteiger partial charge in [0, 0.05) is 0 Å². The van der Waals surface area contributed by atoms with Crippen LogP contribution in [0.25, 0.3) is 0 Å². The van der Waals surface area contributed by atoms with Crippen LogP contribution in [0, 0.1) is 5.92 Å². The molecule has 0 aromatic carbocycles. The summed E-state index contributed by atoms with van der Waals surface area (Å²) in [5.74, 6) is 1.29. The number of nitrogens with one attached hydrogen (secondary N) is 1. The first-order chi connectivity index (χ1) is 7.25. The van der Waals surface area contributed by atoms with Crippen molar-refractivity contribution in [1.82, 2.24) is 10.3 Å². The van der Waals surface area contributed by atoms with E-state index in [9.17, 15) is 0 Å². The van der Waals surface area contributed by atoms with Crippen LogP contribution in [0.4, 0.5) is 11.5 Å². The number of piperidine rings is 1. The van der Waals surface area contributed by atoms with Gasteiger partial charge in [-0.25, -0.2) is 4.98 Å². The van der Waals surface area contributed by atoms with Gasteiger partial charge in [0.05, 0.1) is 11.9 Å². The summed E-state index contributed by atoms with van der Waals surface area (Å²) >= 11 is 0. The van der Waals surface area contributed by atoms with E-state index in [1.165, 1.54) is 12.8 Å². The summed E-state index contributed by atoms with van der Waals surface area (Å²) in [7, 11) is 0. The van der Waals surface area contributed by atoms with E-state index in [4.69, 9.17) is 11.5 Å². The summed E-state index contributed by atoms with van der Waals surface area (Å²) in [6.45, 7) is 2.22. The minimum absolute atomic E-state index is 0.620. The highest BCUT2D eigenvalue weighted by molar-refractivity contribution is 5.48. The van der Waals surface area contributed by atoms with Crippen LogP contribution in [0.3, 0.4) is 0 Å². The van der Waals surface area contributed by atoms with Gasteiger partial charge in [0.1, 0.15) is 5.82 Å². The maximum Gasteiger partial charge on any atom is 0.126 e. The van der Waals surface area contributed by atoms with Gasteiger partial charge in [0.15, 0.2) is 0 Å². The van der Waals surface area contributed by atoms with E-state index in [0.29, 0.717) is 17.4 Å². The van der Waals surface area contributed by atoms with Gasteiger partial charge in [-0.1, -0.05) is 0 Å². The molecule has 5 N–H and O–H groups in total. The van der Waals surface area contributed by atoms with Crippen LogP contribution in [0.15, 0.2) is 12.3 Å². The van der Waals surface area contributed by atoms with Gasteiger partial charge < -0.3 is 16.8 Å². The third-order valence-electron chi connectivity index (χ3n) is 2.93. The largest absolute Gasteiger partial charge is 0.397 e. The van der Waals surface area contributed by atoms with E-state index in [0.717, 1.165) is 25.1 Å². The average molecular weight is 206 g/mol. The van der Waals surface area contributed by atoms with Gasteiger partial charge in [0.2, 0.25) is 0 Å². The van der Waals surface area contributed by atoms with Crippen molar-refractivity contribution in [3.63, 3.8) is 0 Å². The van der Waals surface area contributed by atoms with Crippen molar-refractivity contribution < 1.29 is 0 Å². The van der Waals surface area contributed by atoms with Crippen LogP contribution < -0.4 is 16.8 Å². The topological polar surface area (TPSA) is 77.0 Å². The smallest absolute Gasteiger partial charge is 0.126 e. The maximum absolute atomic E-state index is 5.82. The fraction of sp³-hybridized carbons (Fsp3) is 0.545. The minimum Gasteiger partial charge on any atom is -0.397 e. The molecule has 0 bridgehead atoms. The highest BCUT2D eigenvalue weighted by Gasteiger charge is 2.15. The molecular formula is C11H18N4. The van der Waals surface area contributed by atoms with Crippen molar-refractivity contribution in [3.8, 4) is 0 Å². The molecule has 1 aliphatic rings. The second-order valence-corrected chi connectivity index (χ2v) is 4.23. The molecule has 1 fully saturated rings. The molecule has 1 unspecified atom stereocenters. The van der Waals surface area contributed by atoms with E-state index in [-0.39, 0.29) is 0 Å². The number of rotatable bonds is 2. The lowest BCUT2D eigenvalue weighted by molar-refractivity contribution is 0.376. The SMILES string of the molecule is Nc1cnc(N)c(CC2CCCNC2)c1. The Labute approximate surface area is 90.1 Å². The van der Waals surface area contributed by atoms with Crippen LogP contribution in [0.5, 0.6) is 0 Å². The molecule has 1 aromatic heterocycles. The zero-order valence-electron chi connectivity index (χ0n) is 8.87. The van der Waals surface area contributed by atoms with Gasteiger partial charge in [-0.3, -0.25) is 0 Å². The number of aromatic nitrogens is 1. The maximum atomic E-state index is 5.82. The van der Waals surface area contributed by atoms with E-state index in [2.05, 4.69) is 10.3 Å². The quantitative estimate of drug-likeness (QED) is 0.668. The predicted molar refractivity (Wildman–Crippen MR) is 62.4 cm³/mol. The number of nitrogens with zero attached hydrogens (tertiary/aromatic N) is 1. The summed E-state index contributed by atoms with van der Waals surface area (Å²) in [5.41, 5.74) is 13.3. The second kappa shape index (κ2) is 4.49. The van der Waals surface area contributed by atoms with Crippen molar-refractivity contribution in [2.24, 2.45) is 5.92 Å². The summed E-state index contributed by atoms with van der Waals surface area (Å²) in [6, 6.07) is 1.94. The van der Waals surface area contributed by atoms with Crippen LogP contribution in [0.1, 0.15) is 18.4 Å². The Balaban J connectivity index is 2.05. The molecule has 82 valence electrons. The van der Waals surface area contributed by atoms with Gasteiger partial charge in [-0.15, -0.1) is 0 Å². The van der Waals surface area contributed by atoms with Crippen LogP contribution in [-0.2, 0) is 6.42 Å². The fourth-order valence-electron chi connectivity index (χ4n) is 2.11. The second-order valence-electron chi connectivity index (χ2n) is 4.23. The van der Waals surface area contributed by atoms with Gasteiger partial charge in [0.25, 0.3) is 0 Å². The highest BCUT2D eigenvalue weighted by atomic mass is 14.9. The normalized spacial score (nSPS) is 21.5. The first kappa shape index (κ1) is 10.2. The van der Waals surface area contributed by atoms with E-state index in [1.807, 2.05) is 6.07 Å². The van der Waals surface area contributed by atoms with E-state index >= 15 is 0 Å². The predicted octanol–water partition coefficient (Wildman–Crippen LogP) is 0.788. The number of nitrogen functional groups attached to an aromatic ring is 2.